The van der Waals surface area contributed by atoms with E-state index in [1.54, 1.807) is 18.4 Å². The van der Waals surface area contributed by atoms with E-state index in [1.807, 2.05) is 12.1 Å². The summed E-state index contributed by atoms with van der Waals surface area (Å²) in [6.45, 7) is 10.9. The van der Waals surface area contributed by atoms with E-state index >= 15 is 0 Å². The van der Waals surface area contributed by atoms with Crippen LogP contribution < -0.4 is 15.4 Å². The number of aromatic nitrogens is 1. The summed E-state index contributed by atoms with van der Waals surface area (Å²) in [5.41, 5.74) is 2.36. The fraction of sp³-hybridized carbons (Fsp3) is 0.565. The van der Waals surface area contributed by atoms with Crippen LogP contribution in [0.5, 0.6) is 5.75 Å². The molecule has 1 aromatic heterocycles. The van der Waals surface area contributed by atoms with Gasteiger partial charge in [0.15, 0.2) is 5.96 Å². The Morgan fingerprint density at radius 3 is 2.67 bits per heavy atom. The van der Waals surface area contributed by atoms with Crippen molar-refractivity contribution in [2.45, 2.75) is 46.1 Å². The van der Waals surface area contributed by atoms with E-state index in [-0.39, 0.29) is 6.04 Å². The van der Waals surface area contributed by atoms with Gasteiger partial charge in [-0.05, 0) is 52.8 Å². The highest BCUT2D eigenvalue weighted by atomic mass is 32.1. The van der Waals surface area contributed by atoms with Crippen LogP contribution in [0.4, 0.5) is 0 Å². The summed E-state index contributed by atoms with van der Waals surface area (Å²) in [5.74, 6) is 1.80. The zero-order valence-electron chi connectivity index (χ0n) is 18.7. The summed E-state index contributed by atoms with van der Waals surface area (Å²) in [4.78, 5) is 13.4. The number of hydrogen-bond acceptors (Lipinski definition) is 5. The van der Waals surface area contributed by atoms with Gasteiger partial charge in [-0.3, -0.25) is 9.89 Å². The molecule has 0 bridgehead atoms. The molecule has 1 fully saturated rings. The van der Waals surface area contributed by atoms with Crippen LogP contribution in [0.1, 0.15) is 46.9 Å². The molecule has 0 aliphatic carbocycles. The molecule has 2 aromatic rings. The van der Waals surface area contributed by atoms with Crippen LogP contribution in [0.15, 0.2) is 29.3 Å². The van der Waals surface area contributed by atoms with Crippen LogP contribution in [0.3, 0.4) is 0 Å². The topological polar surface area (TPSA) is 61.8 Å². The molecule has 6 nitrogen and oxygen atoms in total. The zero-order chi connectivity index (χ0) is 21.3. The maximum Gasteiger partial charge on any atom is 0.191 e. The van der Waals surface area contributed by atoms with Crippen molar-refractivity contribution in [1.82, 2.24) is 20.5 Å². The van der Waals surface area contributed by atoms with E-state index in [4.69, 9.17) is 9.73 Å². The fourth-order valence-electron chi connectivity index (χ4n) is 3.86. The van der Waals surface area contributed by atoms with E-state index < -0.39 is 0 Å². The van der Waals surface area contributed by atoms with Gasteiger partial charge in [-0.2, -0.15) is 0 Å². The third-order valence-electron chi connectivity index (χ3n) is 5.55. The molecule has 30 heavy (non-hydrogen) atoms. The van der Waals surface area contributed by atoms with Crippen molar-refractivity contribution in [3.63, 3.8) is 0 Å². The number of nitrogens with zero attached hydrogens (tertiary/aromatic N) is 3. The molecule has 3 rings (SSSR count). The minimum atomic E-state index is 0.225. The monoisotopic (exact) mass is 429 g/mol. The highest BCUT2D eigenvalue weighted by Crippen LogP contribution is 2.31. The first-order chi connectivity index (χ1) is 14.6. The number of nitrogens with one attached hydrogen (secondary N) is 2. The number of benzene rings is 1. The Kier molecular flexibility index (Phi) is 8.51. The summed E-state index contributed by atoms with van der Waals surface area (Å²) in [6.07, 6.45) is 3.41. The Labute approximate surface area is 184 Å². The Morgan fingerprint density at radius 1 is 1.23 bits per heavy atom. The molecule has 0 radical (unpaired) electrons. The molecule has 2 heterocycles. The van der Waals surface area contributed by atoms with Gasteiger partial charge in [0.25, 0.3) is 0 Å². The van der Waals surface area contributed by atoms with Crippen LogP contribution in [-0.4, -0.2) is 55.7 Å². The first-order valence-electron chi connectivity index (χ1n) is 10.9. The summed E-state index contributed by atoms with van der Waals surface area (Å²) in [7, 11) is 1.75. The van der Waals surface area contributed by atoms with Gasteiger partial charge in [0.1, 0.15) is 5.75 Å². The molecule has 2 N–H and O–H groups in total. The van der Waals surface area contributed by atoms with E-state index in [2.05, 4.69) is 53.4 Å². The van der Waals surface area contributed by atoms with Crippen molar-refractivity contribution in [2.75, 3.05) is 39.8 Å². The molecule has 7 heteroatoms. The molecule has 1 aliphatic rings. The number of guanidine groups is 1. The quantitative estimate of drug-likeness (QED) is 0.470. The van der Waals surface area contributed by atoms with Crippen molar-refractivity contribution in [3.8, 4) is 5.75 Å². The van der Waals surface area contributed by atoms with Crippen molar-refractivity contribution in [3.05, 3.63) is 45.4 Å². The number of para-hydroxylation sites is 1. The van der Waals surface area contributed by atoms with Gasteiger partial charge < -0.3 is 15.4 Å². The van der Waals surface area contributed by atoms with Gasteiger partial charge in [-0.25, -0.2) is 4.98 Å². The van der Waals surface area contributed by atoms with E-state index in [9.17, 15) is 0 Å². The first-order valence-corrected chi connectivity index (χ1v) is 11.8. The van der Waals surface area contributed by atoms with Crippen LogP contribution in [0, 0.1) is 13.8 Å². The normalized spacial score (nSPS) is 15.9. The smallest absolute Gasteiger partial charge is 0.191 e. The molecule has 164 valence electrons. The lowest BCUT2D eigenvalue weighted by molar-refractivity contribution is 0.245. The third-order valence-corrected chi connectivity index (χ3v) is 6.68. The molecule has 1 unspecified atom stereocenters. The SMILES string of the molecule is CCNC(=NCC(c1ccccc1OC)N1CCCC1)NCCc1nc(C)c(C)s1. The van der Waals surface area contributed by atoms with Gasteiger partial charge in [0.2, 0.25) is 0 Å². The van der Waals surface area contributed by atoms with E-state index in [0.29, 0.717) is 6.54 Å². The van der Waals surface area contributed by atoms with E-state index in [0.717, 1.165) is 50.0 Å². The molecular weight excluding hydrogens is 394 g/mol. The van der Waals surface area contributed by atoms with E-state index in [1.165, 1.54) is 28.3 Å². The third kappa shape index (κ3) is 5.95. The number of aryl methyl sites for hydroxylation is 2. The fourth-order valence-corrected chi connectivity index (χ4v) is 4.79. The largest absolute Gasteiger partial charge is 0.496 e. The van der Waals surface area contributed by atoms with Gasteiger partial charge in [-0.15, -0.1) is 11.3 Å². The predicted molar refractivity (Wildman–Crippen MR) is 126 cm³/mol. The molecular formula is C23H35N5OS. The first kappa shape index (κ1) is 22.6. The Balaban J connectivity index is 1.68. The van der Waals surface area contributed by atoms with Crippen LogP contribution in [0.25, 0.3) is 0 Å². The number of rotatable bonds is 9. The number of ether oxygens (including phenoxy) is 1. The van der Waals surface area contributed by atoms with Gasteiger partial charge >= 0.3 is 0 Å². The number of methoxy groups -OCH3 is 1. The maximum atomic E-state index is 5.65. The number of hydrogen-bond donors (Lipinski definition) is 2. The highest BCUT2D eigenvalue weighted by Gasteiger charge is 2.25. The van der Waals surface area contributed by atoms with Crippen LogP contribution in [0.2, 0.25) is 0 Å². The van der Waals surface area contributed by atoms with Crippen molar-refractivity contribution < 1.29 is 4.74 Å². The predicted octanol–water partition coefficient (Wildman–Crippen LogP) is 3.70. The second kappa shape index (κ2) is 11.3. The highest BCUT2D eigenvalue weighted by molar-refractivity contribution is 7.11. The minimum absolute atomic E-state index is 0.225. The molecule has 0 spiro atoms. The molecule has 1 saturated heterocycles. The van der Waals surface area contributed by atoms with Crippen molar-refractivity contribution in [2.24, 2.45) is 4.99 Å². The summed E-state index contributed by atoms with van der Waals surface area (Å²) < 4.78 is 5.65. The molecule has 1 aromatic carbocycles. The number of aliphatic imine (C=N–C) groups is 1. The minimum Gasteiger partial charge on any atom is -0.496 e. The van der Waals surface area contributed by atoms with Crippen molar-refractivity contribution >= 4 is 17.3 Å². The Hall–Kier alpha value is -2.12. The Morgan fingerprint density at radius 2 is 2.00 bits per heavy atom. The average Bonchev–Trinajstić information content (AvgIpc) is 3.38. The average molecular weight is 430 g/mol. The van der Waals surface area contributed by atoms with Gasteiger partial charge in [-0.1, -0.05) is 18.2 Å². The lowest BCUT2D eigenvalue weighted by Gasteiger charge is -2.28. The molecule has 1 atom stereocenters. The molecule has 1 aliphatic heterocycles. The van der Waals surface area contributed by atoms with Gasteiger partial charge in [0, 0.05) is 30.0 Å². The second-order valence-electron chi connectivity index (χ2n) is 7.65. The lowest BCUT2D eigenvalue weighted by Crippen LogP contribution is -2.39. The standard InChI is InChI=1S/C23H35N5OS/c1-5-24-23(25-13-12-22-27-17(2)18(3)30-22)26-16-20(28-14-8-9-15-28)19-10-6-7-11-21(19)29-4/h6-7,10-11,20H,5,8-9,12-16H2,1-4H3,(H2,24,25,26). The Bertz CT molecular complexity index is 809. The summed E-state index contributed by atoms with van der Waals surface area (Å²) >= 11 is 1.78. The second-order valence-corrected chi connectivity index (χ2v) is 8.93. The number of likely N-dealkylation sites (tertiary alicyclic amines) is 1. The summed E-state index contributed by atoms with van der Waals surface area (Å²) in [5, 5.41) is 8.04. The molecule has 0 saturated carbocycles. The van der Waals surface area contributed by atoms with Gasteiger partial charge in [0.05, 0.1) is 30.4 Å². The van der Waals surface area contributed by atoms with Crippen LogP contribution >= 0.6 is 11.3 Å². The zero-order valence-corrected chi connectivity index (χ0v) is 19.5. The van der Waals surface area contributed by atoms with Crippen molar-refractivity contribution in [1.29, 1.82) is 0 Å². The summed E-state index contributed by atoms with van der Waals surface area (Å²) in [6, 6.07) is 8.56. The number of thiazole rings is 1. The van der Waals surface area contributed by atoms with Crippen LogP contribution in [-0.2, 0) is 6.42 Å². The lowest BCUT2D eigenvalue weighted by atomic mass is 10.0. The maximum absolute atomic E-state index is 5.65. The molecule has 0 amide bonds.